The molecule has 200 valence electrons. The van der Waals surface area contributed by atoms with Crippen LogP contribution in [0.4, 0.5) is 0 Å². The van der Waals surface area contributed by atoms with Gasteiger partial charge in [-0.2, -0.15) is 0 Å². The summed E-state index contributed by atoms with van der Waals surface area (Å²) in [6, 6.07) is 0. The van der Waals surface area contributed by atoms with Crippen LogP contribution in [0.3, 0.4) is 0 Å². The number of hydrogen-bond acceptors (Lipinski definition) is 1. The van der Waals surface area contributed by atoms with E-state index in [9.17, 15) is 0 Å². The van der Waals surface area contributed by atoms with E-state index >= 15 is 0 Å². The van der Waals surface area contributed by atoms with Crippen LogP contribution in [0.2, 0.25) is 0 Å². The Labute approximate surface area is 239 Å². The molecule has 0 saturated heterocycles. The Bertz CT molecular complexity index is 355. The SMILES string of the molecule is CCCCCCCC/C=C\CCCCCCCCOCCCCCCCCCCCCCC.[NaH]. The van der Waals surface area contributed by atoms with Gasteiger partial charge in [-0.3, -0.25) is 0 Å². The molecule has 0 radical (unpaired) electrons. The first-order valence-corrected chi connectivity index (χ1v) is 15.6. The van der Waals surface area contributed by atoms with Gasteiger partial charge < -0.3 is 4.74 Å². The van der Waals surface area contributed by atoms with Gasteiger partial charge in [0.25, 0.3) is 0 Å². The molecule has 0 saturated carbocycles. The summed E-state index contributed by atoms with van der Waals surface area (Å²) < 4.78 is 5.84. The van der Waals surface area contributed by atoms with Crippen LogP contribution in [0.15, 0.2) is 12.2 Å². The van der Waals surface area contributed by atoms with Gasteiger partial charge in [-0.15, -0.1) is 0 Å². The zero-order valence-corrected chi connectivity index (χ0v) is 23.4. The summed E-state index contributed by atoms with van der Waals surface area (Å²) in [5, 5.41) is 0. The summed E-state index contributed by atoms with van der Waals surface area (Å²) in [6.45, 7) is 6.56. The zero-order valence-electron chi connectivity index (χ0n) is 23.4. The van der Waals surface area contributed by atoms with Crippen molar-refractivity contribution < 1.29 is 4.74 Å². The van der Waals surface area contributed by atoms with E-state index in [0.717, 1.165) is 13.2 Å². The predicted molar refractivity (Wildman–Crippen MR) is 158 cm³/mol. The second-order valence-corrected chi connectivity index (χ2v) is 10.4. The molecule has 0 aliphatic rings. The molecule has 0 aliphatic heterocycles. The molecular weight excluding hydrogens is 423 g/mol. The standard InChI is InChI=1S/C32H64O.Na.H/c1-3-5-7-9-11-13-15-17-18-19-20-22-24-26-28-30-32-33-31-29-27-25-23-21-16-14-12-10-8-6-4-2;;/h17-18H,3-16,19-32H2,1-2H3;;/b18-17-;;. The zero-order chi connectivity index (χ0) is 23.9. The number of unbranched alkanes of at least 4 members (excludes halogenated alkanes) is 23. The van der Waals surface area contributed by atoms with Gasteiger partial charge in [0, 0.05) is 13.2 Å². The van der Waals surface area contributed by atoms with Crippen molar-refractivity contribution in [1.82, 2.24) is 0 Å². The Balaban J connectivity index is 0. The van der Waals surface area contributed by atoms with Crippen LogP contribution in [0.5, 0.6) is 0 Å². The number of rotatable bonds is 29. The molecule has 0 heterocycles. The summed E-state index contributed by atoms with van der Waals surface area (Å²) in [4.78, 5) is 0. The summed E-state index contributed by atoms with van der Waals surface area (Å²) >= 11 is 0. The van der Waals surface area contributed by atoms with Crippen molar-refractivity contribution in [3.63, 3.8) is 0 Å². The fraction of sp³-hybridized carbons (Fsp3) is 0.938. The molecule has 0 aromatic rings. The molecule has 0 spiro atoms. The summed E-state index contributed by atoms with van der Waals surface area (Å²) in [7, 11) is 0. The summed E-state index contributed by atoms with van der Waals surface area (Å²) in [5.74, 6) is 0. The molecule has 0 amide bonds. The van der Waals surface area contributed by atoms with Crippen LogP contribution in [-0.4, -0.2) is 42.8 Å². The maximum atomic E-state index is 5.84. The molecule has 0 aromatic carbocycles. The Kier molecular flexibility index (Phi) is 38.9. The number of allylic oxidation sites excluding steroid dienone is 2. The van der Waals surface area contributed by atoms with Gasteiger partial charge in [0.2, 0.25) is 0 Å². The van der Waals surface area contributed by atoms with E-state index < -0.39 is 0 Å². The average molecular weight is 489 g/mol. The monoisotopic (exact) mass is 488 g/mol. The molecule has 0 atom stereocenters. The molecule has 0 aliphatic carbocycles. The van der Waals surface area contributed by atoms with Crippen molar-refractivity contribution in [3.8, 4) is 0 Å². The molecule has 0 unspecified atom stereocenters. The van der Waals surface area contributed by atoms with Crippen LogP contribution < -0.4 is 0 Å². The Morgan fingerprint density at radius 2 is 0.618 bits per heavy atom. The van der Waals surface area contributed by atoms with Crippen LogP contribution in [0, 0.1) is 0 Å². The molecule has 1 nitrogen and oxygen atoms in total. The minimum atomic E-state index is 0. The fourth-order valence-corrected chi connectivity index (χ4v) is 4.60. The van der Waals surface area contributed by atoms with E-state index in [4.69, 9.17) is 4.74 Å². The number of ether oxygens (including phenoxy) is 1. The van der Waals surface area contributed by atoms with Crippen molar-refractivity contribution in [2.45, 2.75) is 181 Å². The van der Waals surface area contributed by atoms with E-state index in [-0.39, 0.29) is 29.6 Å². The van der Waals surface area contributed by atoms with Gasteiger partial charge in [-0.1, -0.05) is 154 Å². The molecular formula is C32H65NaO. The second-order valence-electron chi connectivity index (χ2n) is 10.4. The molecule has 0 aromatic heterocycles. The van der Waals surface area contributed by atoms with Gasteiger partial charge in [-0.05, 0) is 38.5 Å². The van der Waals surface area contributed by atoms with E-state index in [1.807, 2.05) is 0 Å². The fourth-order valence-electron chi connectivity index (χ4n) is 4.60. The maximum absolute atomic E-state index is 5.84. The Morgan fingerprint density at radius 1 is 0.353 bits per heavy atom. The third kappa shape index (κ3) is 34.9. The Hall–Kier alpha value is 0.700. The first kappa shape index (κ1) is 36.9. The van der Waals surface area contributed by atoms with Crippen LogP contribution in [0.1, 0.15) is 181 Å². The summed E-state index contributed by atoms with van der Waals surface area (Å²) in [5.41, 5.74) is 0. The molecule has 0 rings (SSSR count). The van der Waals surface area contributed by atoms with Crippen molar-refractivity contribution in [3.05, 3.63) is 12.2 Å². The van der Waals surface area contributed by atoms with Crippen LogP contribution in [0.25, 0.3) is 0 Å². The summed E-state index contributed by atoms with van der Waals surface area (Å²) in [6.07, 6.45) is 41.1. The first-order chi connectivity index (χ1) is 16.4. The third-order valence-corrected chi connectivity index (χ3v) is 6.94. The normalized spacial score (nSPS) is 11.4. The number of hydrogen-bond donors (Lipinski definition) is 0. The predicted octanol–water partition coefficient (Wildman–Crippen LogP) is 11.1. The quantitative estimate of drug-likeness (QED) is 0.0577. The van der Waals surface area contributed by atoms with E-state index in [2.05, 4.69) is 26.0 Å². The van der Waals surface area contributed by atoms with Crippen LogP contribution >= 0.6 is 0 Å². The van der Waals surface area contributed by atoms with E-state index in [1.54, 1.807) is 0 Å². The average Bonchev–Trinajstić information content (AvgIpc) is 2.83. The van der Waals surface area contributed by atoms with Gasteiger partial charge in [-0.25, -0.2) is 0 Å². The van der Waals surface area contributed by atoms with Gasteiger partial charge in [0.1, 0.15) is 0 Å². The van der Waals surface area contributed by atoms with Crippen molar-refractivity contribution in [2.24, 2.45) is 0 Å². The second kappa shape index (κ2) is 35.9. The first-order valence-electron chi connectivity index (χ1n) is 15.6. The van der Waals surface area contributed by atoms with Crippen molar-refractivity contribution in [2.75, 3.05) is 13.2 Å². The van der Waals surface area contributed by atoms with E-state index in [0.29, 0.717) is 0 Å². The van der Waals surface area contributed by atoms with Crippen LogP contribution in [-0.2, 0) is 4.74 Å². The third-order valence-electron chi connectivity index (χ3n) is 6.94. The van der Waals surface area contributed by atoms with Gasteiger partial charge in [0.05, 0.1) is 0 Å². The van der Waals surface area contributed by atoms with Crippen molar-refractivity contribution >= 4 is 29.6 Å². The molecule has 34 heavy (non-hydrogen) atoms. The minimum absolute atomic E-state index is 0. The van der Waals surface area contributed by atoms with Gasteiger partial charge in [0.15, 0.2) is 0 Å². The van der Waals surface area contributed by atoms with E-state index in [1.165, 1.54) is 167 Å². The molecule has 0 N–H and O–H groups in total. The topological polar surface area (TPSA) is 9.23 Å². The van der Waals surface area contributed by atoms with Crippen molar-refractivity contribution in [1.29, 1.82) is 0 Å². The Morgan fingerprint density at radius 3 is 0.941 bits per heavy atom. The molecule has 0 fully saturated rings. The molecule has 2 heteroatoms. The molecule has 0 bridgehead atoms. The van der Waals surface area contributed by atoms with Gasteiger partial charge >= 0.3 is 29.6 Å².